The van der Waals surface area contributed by atoms with Crippen molar-refractivity contribution in [1.29, 1.82) is 0 Å². The Balaban J connectivity index is 2.07. The highest BCUT2D eigenvalue weighted by Gasteiger charge is 2.21. The maximum Gasteiger partial charge on any atom is 0.339 e. The molecule has 0 spiro atoms. The topological polar surface area (TPSA) is 75.6 Å². The highest BCUT2D eigenvalue weighted by molar-refractivity contribution is 5.88. The number of hydrogen-bond donors (Lipinski definition) is 1. The molecule has 18 heavy (non-hydrogen) atoms. The van der Waals surface area contributed by atoms with E-state index in [0.717, 1.165) is 19.5 Å². The predicted molar refractivity (Wildman–Crippen MR) is 64.3 cm³/mol. The summed E-state index contributed by atoms with van der Waals surface area (Å²) in [5.74, 6) is -0.981. The molecule has 0 bridgehead atoms. The fourth-order valence-electron chi connectivity index (χ4n) is 2.04. The number of aromatic nitrogens is 2. The van der Waals surface area contributed by atoms with Crippen molar-refractivity contribution in [2.45, 2.75) is 26.0 Å². The number of morpholine rings is 1. The van der Waals surface area contributed by atoms with E-state index in [1.54, 1.807) is 0 Å². The summed E-state index contributed by atoms with van der Waals surface area (Å²) in [5.41, 5.74) is 0.742. The molecule has 6 heteroatoms. The molecule has 2 heterocycles. The molecule has 6 nitrogen and oxygen atoms in total. The van der Waals surface area contributed by atoms with Gasteiger partial charge < -0.3 is 9.84 Å². The highest BCUT2D eigenvalue weighted by atomic mass is 16.5. The summed E-state index contributed by atoms with van der Waals surface area (Å²) in [7, 11) is 0. The van der Waals surface area contributed by atoms with Gasteiger partial charge in [0.1, 0.15) is 11.9 Å². The van der Waals surface area contributed by atoms with E-state index in [4.69, 9.17) is 9.84 Å². The molecule has 1 saturated heterocycles. The first-order valence-corrected chi connectivity index (χ1v) is 6.06. The van der Waals surface area contributed by atoms with Crippen LogP contribution in [0.25, 0.3) is 0 Å². The first kappa shape index (κ1) is 12.9. The van der Waals surface area contributed by atoms with Crippen LogP contribution in [0.5, 0.6) is 0 Å². The Morgan fingerprint density at radius 1 is 1.67 bits per heavy atom. The van der Waals surface area contributed by atoms with E-state index in [9.17, 15) is 4.79 Å². The van der Waals surface area contributed by atoms with Crippen LogP contribution in [-0.2, 0) is 11.3 Å². The third kappa shape index (κ3) is 3.02. The summed E-state index contributed by atoms with van der Waals surface area (Å²) in [4.78, 5) is 21.1. The van der Waals surface area contributed by atoms with Gasteiger partial charge in [0, 0.05) is 25.8 Å². The monoisotopic (exact) mass is 251 g/mol. The zero-order chi connectivity index (χ0) is 13.0. The van der Waals surface area contributed by atoms with Gasteiger partial charge in [-0.1, -0.05) is 6.92 Å². The van der Waals surface area contributed by atoms with Gasteiger partial charge in [0.25, 0.3) is 0 Å². The van der Waals surface area contributed by atoms with Gasteiger partial charge in [-0.3, -0.25) is 4.90 Å². The van der Waals surface area contributed by atoms with Crippen molar-refractivity contribution in [2.24, 2.45) is 0 Å². The summed E-state index contributed by atoms with van der Waals surface area (Å²) >= 11 is 0. The van der Waals surface area contributed by atoms with Crippen molar-refractivity contribution in [1.82, 2.24) is 14.9 Å². The van der Waals surface area contributed by atoms with Gasteiger partial charge >= 0.3 is 5.97 Å². The second-order valence-electron chi connectivity index (χ2n) is 4.32. The quantitative estimate of drug-likeness (QED) is 0.852. The molecular weight excluding hydrogens is 234 g/mol. The minimum atomic E-state index is -0.981. The molecule has 1 aliphatic rings. The van der Waals surface area contributed by atoms with Crippen LogP contribution in [0.15, 0.2) is 12.5 Å². The van der Waals surface area contributed by atoms with Crippen molar-refractivity contribution >= 4 is 5.97 Å². The minimum Gasteiger partial charge on any atom is -0.478 e. The lowest BCUT2D eigenvalue weighted by atomic mass is 10.2. The maximum atomic E-state index is 11.1. The third-order valence-electron chi connectivity index (χ3n) is 3.08. The first-order valence-electron chi connectivity index (χ1n) is 6.06. The molecule has 1 atom stereocenters. The number of nitrogens with zero attached hydrogens (tertiary/aromatic N) is 3. The molecule has 0 amide bonds. The fourth-order valence-corrected chi connectivity index (χ4v) is 2.04. The van der Waals surface area contributed by atoms with Crippen molar-refractivity contribution in [3.05, 3.63) is 23.8 Å². The molecule has 0 aliphatic carbocycles. The standard InChI is InChI=1S/C12H17N3O3/c1-2-9-6-15(3-4-18-9)7-11-10(12(16)17)5-13-8-14-11/h5,8-9H,2-4,6-7H2,1H3,(H,16,17). The van der Waals surface area contributed by atoms with Crippen LogP contribution in [0.2, 0.25) is 0 Å². The van der Waals surface area contributed by atoms with E-state index in [1.165, 1.54) is 12.5 Å². The maximum absolute atomic E-state index is 11.1. The Hall–Kier alpha value is -1.53. The SMILES string of the molecule is CCC1CN(Cc2ncncc2C(=O)O)CCO1. The lowest BCUT2D eigenvalue weighted by Crippen LogP contribution is -2.42. The van der Waals surface area contributed by atoms with Crippen LogP contribution in [0.1, 0.15) is 29.4 Å². The summed E-state index contributed by atoms with van der Waals surface area (Å²) < 4.78 is 5.58. The van der Waals surface area contributed by atoms with Gasteiger partial charge in [-0.15, -0.1) is 0 Å². The van der Waals surface area contributed by atoms with Crippen LogP contribution in [0.3, 0.4) is 0 Å². The molecule has 1 N–H and O–H groups in total. The molecular formula is C12H17N3O3. The lowest BCUT2D eigenvalue weighted by Gasteiger charge is -2.32. The molecule has 1 aromatic heterocycles. The summed E-state index contributed by atoms with van der Waals surface area (Å²) in [5, 5.41) is 9.07. The zero-order valence-corrected chi connectivity index (χ0v) is 10.4. The smallest absolute Gasteiger partial charge is 0.339 e. The first-order chi connectivity index (χ1) is 8.70. The summed E-state index contributed by atoms with van der Waals surface area (Å²) in [6.45, 7) is 4.93. The summed E-state index contributed by atoms with van der Waals surface area (Å²) in [6.07, 6.45) is 3.93. The van der Waals surface area contributed by atoms with E-state index in [1.807, 2.05) is 0 Å². The lowest BCUT2D eigenvalue weighted by molar-refractivity contribution is -0.0329. The molecule has 98 valence electrons. The molecule has 0 aromatic carbocycles. The molecule has 0 radical (unpaired) electrons. The average molecular weight is 251 g/mol. The fraction of sp³-hybridized carbons (Fsp3) is 0.583. The van der Waals surface area contributed by atoms with Crippen LogP contribution in [-0.4, -0.2) is 51.7 Å². The van der Waals surface area contributed by atoms with Gasteiger partial charge in [0.05, 0.1) is 18.4 Å². The number of carbonyl (C=O) groups is 1. The van der Waals surface area contributed by atoms with Crippen LogP contribution in [0, 0.1) is 0 Å². The van der Waals surface area contributed by atoms with E-state index in [2.05, 4.69) is 21.8 Å². The van der Waals surface area contributed by atoms with Gasteiger partial charge in [0.15, 0.2) is 0 Å². The molecule has 0 saturated carbocycles. The van der Waals surface area contributed by atoms with Crippen molar-refractivity contribution in [3.63, 3.8) is 0 Å². The Morgan fingerprint density at radius 3 is 3.22 bits per heavy atom. The van der Waals surface area contributed by atoms with Crippen LogP contribution in [0.4, 0.5) is 0 Å². The van der Waals surface area contributed by atoms with Gasteiger partial charge in [0.2, 0.25) is 0 Å². The van der Waals surface area contributed by atoms with Gasteiger partial charge in [-0.25, -0.2) is 14.8 Å². The number of carboxylic acid groups (broad SMARTS) is 1. The summed E-state index contributed by atoms with van der Waals surface area (Å²) in [6, 6.07) is 0. The van der Waals surface area contributed by atoms with E-state index < -0.39 is 5.97 Å². The second-order valence-corrected chi connectivity index (χ2v) is 4.32. The zero-order valence-electron chi connectivity index (χ0n) is 10.4. The van der Waals surface area contributed by atoms with Crippen molar-refractivity contribution in [2.75, 3.05) is 19.7 Å². The highest BCUT2D eigenvalue weighted by Crippen LogP contribution is 2.13. The molecule has 1 unspecified atom stereocenters. The van der Waals surface area contributed by atoms with E-state index in [0.29, 0.717) is 18.8 Å². The molecule has 2 rings (SSSR count). The Kier molecular flexibility index (Phi) is 4.22. The van der Waals surface area contributed by atoms with E-state index in [-0.39, 0.29) is 11.7 Å². The van der Waals surface area contributed by atoms with Gasteiger partial charge in [-0.2, -0.15) is 0 Å². The molecule has 1 aromatic rings. The molecule has 1 aliphatic heterocycles. The third-order valence-corrected chi connectivity index (χ3v) is 3.08. The second kappa shape index (κ2) is 5.88. The largest absolute Gasteiger partial charge is 0.478 e. The molecule has 1 fully saturated rings. The number of carboxylic acids is 1. The van der Waals surface area contributed by atoms with Crippen LogP contribution < -0.4 is 0 Å². The number of aromatic carboxylic acids is 1. The number of hydrogen-bond acceptors (Lipinski definition) is 5. The van der Waals surface area contributed by atoms with Crippen LogP contribution >= 0.6 is 0 Å². The van der Waals surface area contributed by atoms with Crippen molar-refractivity contribution < 1.29 is 14.6 Å². The predicted octanol–water partition coefficient (Wildman–Crippen LogP) is 0.786. The van der Waals surface area contributed by atoms with Crippen molar-refractivity contribution in [3.8, 4) is 0 Å². The number of rotatable bonds is 4. The minimum absolute atomic E-state index is 0.178. The average Bonchev–Trinajstić information content (AvgIpc) is 2.39. The van der Waals surface area contributed by atoms with Gasteiger partial charge in [-0.05, 0) is 6.42 Å². The van der Waals surface area contributed by atoms with E-state index >= 15 is 0 Å². The normalized spacial score (nSPS) is 20.8. The Labute approximate surface area is 106 Å². The number of ether oxygens (including phenoxy) is 1. The Morgan fingerprint density at radius 2 is 2.50 bits per heavy atom. The Bertz CT molecular complexity index is 425.